The largest absolute Gasteiger partial charge is 0.317 e. The molecular weight excluding hydrogens is 360 g/mol. The molecule has 0 aliphatic carbocycles. The molecule has 4 rings (SSSR count). The fourth-order valence-electron chi connectivity index (χ4n) is 3.59. The minimum atomic E-state index is 0. The van der Waals surface area contributed by atoms with Crippen molar-refractivity contribution >= 4 is 35.3 Å². The molecule has 0 unspecified atom stereocenters. The van der Waals surface area contributed by atoms with Crippen LogP contribution in [0.25, 0.3) is 11.0 Å². The van der Waals surface area contributed by atoms with E-state index in [1.54, 1.807) is 0 Å². The van der Waals surface area contributed by atoms with Gasteiger partial charge in [0.15, 0.2) is 0 Å². The van der Waals surface area contributed by atoms with Crippen molar-refractivity contribution < 1.29 is 4.79 Å². The highest BCUT2D eigenvalue weighted by molar-refractivity contribution is 5.93. The number of carbonyl (C=O) groups excluding carboxylic acids is 1. The summed E-state index contributed by atoms with van der Waals surface area (Å²) in [5.41, 5.74) is 4.41. The standard InChI is InChI=1S/C21H24N4O.ClH/c1-15-6-2-3-7-17(15)14-25-19-9-5-4-8-18(19)23-21(25)24-20(26)16-10-12-22-13-11-16;/h2-9,16,22H,10-14H2,1H3,(H,23,24,26);1H. The molecule has 27 heavy (non-hydrogen) atoms. The molecule has 0 bridgehead atoms. The summed E-state index contributed by atoms with van der Waals surface area (Å²) >= 11 is 0. The second-order valence-electron chi connectivity index (χ2n) is 6.95. The van der Waals surface area contributed by atoms with Crippen molar-refractivity contribution in [3.63, 3.8) is 0 Å². The fraction of sp³-hybridized carbons (Fsp3) is 0.333. The maximum absolute atomic E-state index is 12.7. The monoisotopic (exact) mass is 384 g/mol. The number of piperidine rings is 1. The van der Waals surface area contributed by atoms with Crippen LogP contribution in [0.4, 0.5) is 5.95 Å². The first kappa shape index (κ1) is 19.4. The number of aryl methyl sites for hydroxylation is 1. The molecule has 142 valence electrons. The van der Waals surface area contributed by atoms with Gasteiger partial charge in [-0.25, -0.2) is 4.98 Å². The third kappa shape index (κ3) is 4.15. The molecule has 2 heterocycles. The molecule has 0 radical (unpaired) electrons. The van der Waals surface area contributed by atoms with Gasteiger partial charge in [0.1, 0.15) is 0 Å². The topological polar surface area (TPSA) is 59.0 Å². The highest BCUT2D eigenvalue weighted by atomic mass is 35.5. The molecule has 1 saturated heterocycles. The van der Waals surface area contributed by atoms with Crippen molar-refractivity contribution in [2.45, 2.75) is 26.3 Å². The van der Waals surface area contributed by atoms with Gasteiger partial charge in [-0.15, -0.1) is 12.4 Å². The molecule has 6 heteroatoms. The summed E-state index contributed by atoms with van der Waals surface area (Å²) in [6.07, 6.45) is 1.76. The summed E-state index contributed by atoms with van der Waals surface area (Å²) in [4.78, 5) is 17.4. The summed E-state index contributed by atoms with van der Waals surface area (Å²) in [5.74, 6) is 0.772. The third-order valence-corrected chi connectivity index (χ3v) is 5.19. The number of rotatable bonds is 4. The molecule has 1 aromatic heterocycles. The number of carbonyl (C=O) groups is 1. The third-order valence-electron chi connectivity index (χ3n) is 5.19. The van der Waals surface area contributed by atoms with Crippen LogP contribution in [-0.2, 0) is 11.3 Å². The van der Waals surface area contributed by atoms with Gasteiger partial charge in [0.05, 0.1) is 17.6 Å². The fourth-order valence-corrected chi connectivity index (χ4v) is 3.59. The van der Waals surface area contributed by atoms with Gasteiger partial charge in [0.25, 0.3) is 0 Å². The second-order valence-corrected chi connectivity index (χ2v) is 6.95. The van der Waals surface area contributed by atoms with Crippen molar-refractivity contribution in [1.29, 1.82) is 0 Å². The van der Waals surface area contributed by atoms with Crippen LogP contribution in [0, 0.1) is 12.8 Å². The average molecular weight is 385 g/mol. The average Bonchev–Trinajstić information content (AvgIpc) is 3.01. The van der Waals surface area contributed by atoms with Crippen molar-refractivity contribution in [2.24, 2.45) is 5.92 Å². The highest BCUT2D eigenvalue weighted by Gasteiger charge is 2.23. The number of anilines is 1. The van der Waals surface area contributed by atoms with Crippen molar-refractivity contribution in [3.8, 4) is 0 Å². The lowest BCUT2D eigenvalue weighted by Gasteiger charge is -2.21. The number of nitrogens with one attached hydrogen (secondary N) is 2. The van der Waals surface area contributed by atoms with Crippen LogP contribution in [-0.4, -0.2) is 28.5 Å². The maximum atomic E-state index is 12.7. The number of nitrogens with zero attached hydrogens (tertiary/aromatic N) is 2. The van der Waals surface area contributed by atoms with E-state index in [2.05, 4.69) is 51.4 Å². The van der Waals surface area contributed by atoms with Crippen LogP contribution in [0.5, 0.6) is 0 Å². The normalized spacial score (nSPS) is 14.7. The summed E-state index contributed by atoms with van der Waals surface area (Å²) in [6, 6.07) is 16.4. The van der Waals surface area contributed by atoms with E-state index >= 15 is 0 Å². The van der Waals surface area contributed by atoms with E-state index in [1.807, 2.05) is 24.3 Å². The first-order chi connectivity index (χ1) is 12.7. The lowest BCUT2D eigenvalue weighted by Crippen LogP contribution is -2.35. The highest BCUT2D eigenvalue weighted by Crippen LogP contribution is 2.23. The lowest BCUT2D eigenvalue weighted by atomic mass is 9.97. The number of hydrogen-bond acceptors (Lipinski definition) is 3. The Kier molecular flexibility index (Phi) is 6.14. The molecule has 0 saturated carbocycles. The Labute approximate surface area is 165 Å². The van der Waals surface area contributed by atoms with E-state index in [-0.39, 0.29) is 24.2 Å². The summed E-state index contributed by atoms with van der Waals surface area (Å²) in [6.45, 7) is 4.60. The van der Waals surface area contributed by atoms with E-state index in [4.69, 9.17) is 0 Å². The van der Waals surface area contributed by atoms with Gasteiger partial charge in [-0.2, -0.15) is 0 Å². The SMILES string of the molecule is Cc1ccccc1Cn1c(NC(=O)C2CCNCC2)nc2ccccc21.Cl. The molecule has 1 fully saturated rings. The number of hydrogen-bond donors (Lipinski definition) is 2. The zero-order valence-corrected chi connectivity index (χ0v) is 16.3. The molecular formula is C21H25ClN4O. The van der Waals surface area contributed by atoms with Crippen molar-refractivity contribution in [2.75, 3.05) is 18.4 Å². The van der Waals surface area contributed by atoms with E-state index in [1.165, 1.54) is 11.1 Å². The minimum Gasteiger partial charge on any atom is -0.317 e. The Balaban J connectivity index is 0.00000210. The molecule has 2 N–H and O–H groups in total. The van der Waals surface area contributed by atoms with Crippen LogP contribution >= 0.6 is 12.4 Å². The number of aromatic nitrogens is 2. The van der Waals surface area contributed by atoms with Crippen LogP contribution in [0.1, 0.15) is 24.0 Å². The zero-order chi connectivity index (χ0) is 17.9. The number of imidazole rings is 1. The second kappa shape index (κ2) is 8.55. The van der Waals surface area contributed by atoms with Gasteiger partial charge in [-0.3, -0.25) is 10.1 Å². The van der Waals surface area contributed by atoms with Crippen molar-refractivity contribution in [1.82, 2.24) is 14.9 Å². The van der Waals surface area contributed by atoms with E-state index < -0.39 is 0 Å². The molecule has 1 aliphatic heterocycles. The first-order valence-electron chi connectivity index (χ1n) is 9.24. The quantitative estimate of drug-likeness (QED) is 0.720. The molecule has 5 nitrogen and oxygen atoms in total. The predicted octanol–water partition coefficient (Wildman–Crippen LogP) is 3.75. The predicted molar refractivity (Wildman–Crippen MR) is 111 cm³/mol. The van der Waals surface area contributed by atoms with Crippen LogP contribution in [0.15, 0.2) is 48.5 Å². The number of para-hydroxylation sites is 2. The Bertz CT molecular complexity index is 931. The number of fused-ring (bicyclic) bond motifs is 1. The van der Waals surface area contributed by atoms with E-state index in [9.17, 15) is 4.79 Å². The molecule has 1 amide bonds. The van der Waals surface area contributed by atoms with E-state index in [0.29, 0.717) is 12.5 Å². The number of benzene rings is 2. The van der Waals surface area contributed by atoms with Gasteiger partial charge < -0.3 is 9.88 Å². The van der Waals surface area contributed by atoms with Gasteiger partial charge >= 0.3 is 0 Å². The van der Waals surface area contributed by atoms with Gasteiger partial charge in [-0.05, 0) is 56.1 Å². The maximum Gasteiger partial charge on any atom is 0.229 e. The van der Waals surface area contributed by atoms with Crippen LogP contribution in [0.3, 0.4) is 0 Å². The molecule has 1 aliphatic rings. The van der Waals surface area contributed by atoms with Gasteiger partial charge in [0, 0.05) is 5.92 Å². The Morgan fingerprint density at radius 3 is 2.63 bits per heavy atom. The minimum absolute atomic E-state index is 0. The van der Waals surface area contributed by atoms with Gasteiger partial charge in [0.2, 0.25) is 11.9 Å². The smallest absolute Gasteiger partial charge is 0.229 e. The summed E-state index contributed by atoms with van der Waals surface area (Å²) < 4.78 is 2.11. The lowest BCUT2D eigenvalue weighted by molar-refractivity contribution is -0.120. The van der Waals surface area contributed by atoms with Crippen LogP contribution < -0.4 is 10.6 Å². The van der Waals surface area contributed by atoms with Crippen molar-refractivity contribution in [3.05, 3.63) is 59.7 Å². The Morgan fingerprint density at radius 1 is 1.15 bits per heavy atom. The Hall–Kier alpha value is -2.37. The number of halogens is 1. The Morgan fingerprint density at radius 2 is 1.85 bits per heavy atom. The molecule has 0 spiro atoms. The molecule has 0 atom stereocenters. The summed E-state index contributed by atoms with van der Waals surface area (Å²) in [7, 11) is 0. The zero-order valence-electron chi connectivity index (χ0n) is 15.4. The summed E-state index contributed by atoms with van der Waals surface area (Å²) in [5, 5.41) is 6.40. The van der Waals surface area contributed by atoms with E-state index in [0.717, 1.165) is 37.0 Å². The molecule has 2 aromatic carbocycles. The van der Waals surface area contributed by atoms with Crippen LogP contribution in [0.2, 0.25) is 0 Å². The first-order valence-corrected chi connectivity index (χ1v) is 9.24. The number of amides is 1. The molecule has 3 aromatic rings. The van der Waals surface area contributed by atoms with Gasteiger partial charge in [-0.1, -0.05) is 36.4 Å².